The van der Waals surface area contributed by atoms with Gasteiger partial charge in [0.05, 0.1) is 5.69 Å². The summed E-state index contributed by atoms with van der Waals surface area (Å²) in [4.78, 5) is 0. The van der Waals surface area contributed by atoms with Crippen LogP contribution in [0.4, 0.5) is 5.69 Å². The maximum atomic E-state index is 9.20. The Morgan fingerprint density at radius 1 is 1.50 bits per heavy atom. The lowest BCUT2D eigenvalue weighted by Gasteiger charge is -2.04. The van der Waals surface area contributed by atoms with E-state index in [0.717, 1.165) is 10.2 Å². The van der Waals surface area contributed by atoms with E-state index in [2.05, 4.69) is 21.2 Å². The van der Waals surface area contributed by atoms with Crippen LogP contribution < -0.4 is 5.32 Å². The summed E-state index contributed by atoms with van der Waals surface area (Å²) < 4.78 is 0.870. The third-order valence-corrected chi connectivity index (χ3v) is 1.90. The molecule has 1 aromatic carbocycles. The zero-order valence-electron chi connectivity index (χ0n) is 5.56. The van der Waals surface area contributed by atoms with Gasteiger partial charge in [-0.3, -0.25) is 0 Å². The Labute approximate surface area is 68.0 Å². The number of aromatic hydroxyl groups is 1. The van der Waals surface area contributed by atoms with Crippen molar-refractivity contribution >= 4 is 21.6 Å². The quantitative estimate of drug-likeness (QED) is 0.684. The van der Waals surface area contributed by atoms with Gasteiger partial charge in [0.25, 0.3) is 0 Å². The number of para-hydroxylation sites is 1. The van der Waals surface area contributed by atoms with E-state index in [0.29, 0.717) is 0 Å². The molecule has 0 saturated heterocycles. The van der Waals surface area contributed by atoms with Crippen molar-refractivity contribution in [3.63, 3.8) is 0 Å². The van der Waals surface area contributed by atoms with Crippen molar-refractivity contribution in [1.82, 2.24) is 0 Å². The molecule has 0 aliphatic rings. The smallest absolute Gasteiger partial charge is 0.139 e. The lowest BCUT2D eigenvalue weighted by Crippen LogP contribution is -1.88. The molecule has 2 N–H and O–H groups in total. The zero-order chi connectivity index (χ0) is 7.56. The number of rotatable bonds is 1. The second kappa shape index (κ2) is 2.92. The van der Waals surface area contributed by atoms with Crippen LogP contribution in [-0.2, 0) is 0 Å². The molecule has 0 fully saturated rings. The summed E-state index contributed by atoms with van der Waals surface area (Å²) in [5.41, 5.74) is 0.725. The third-order valence-electron chi connectivity index (χ3n) is 1.24. The summed E-state index contributed by atoms with van der Waals surface area (Å²) in [6.45, 7) is 0. The number of phenolic OH excluding ortho intramolecular Hbond substituents is 1. The SMILES string of the molecule is CNc1c(O)cccc1Br. The first-order valence-corrected chi connectivity index (χ1v) is 3.70. The Morgan fingerprint density at radius 3 is 2.60 bits per heavy atom. The molecule has 0 atom stereocenters. The molecule has 0 bridgehead atoms. The number of halogens is 1. The first-order valence-electron chi connectivity index (χ1n) is 2.91. The Balaban J connectivity index is 3.17. The number of hydrogen-bond donors (Lipinski definition) is 2. The summed E-state index contributed by atoms with van der Waals surface area (Å²) in [6.07, 6.45) is 0. The van der Waals surface area contributed by atoms with Crippen LogP contribution in [0.1, 0.15) is 0 Å². The van der Waals surface area contributed by atoms with Gasteiger partial charge < -0.3 is 10.4 Å². The summed E-state index contributed by atoms with van der Waals surface area (Å²) in [6, 6.07) is 5.28. The summed E-state index contributed by atoms with van der Waals surface area (Å²) in [5.74, 6) is 0.261. The van der Waals surface area contributed by atoms with Crippen molar-refractivity contribution in [3.8, 4) is 5.75 Å². The minimum absolute atomic E-state index is 0.261. The van der Waals surface area contributed by atoms with E-state index in [1.807, 2.05) is 6.07 Å². The van der Waals surface area contributed by atoms with Gasteiger partial charge in [-0.1, -0.05) is 6.07 Å². The fourth-order valence-corrected chi connectivity index (χ4v) is 1.31. The molecule has 2 nitrogen and oxygen atoms in total. The van der Waals surface area contributed by atoms with Crippen LogP contribution in [0, 0.1) is 0 Å². The molecule has 0 aliphatic carbocycles. The number of anilines is 1. The molecule has 3 heteroatoms. The average molecular weight is 202 g/mol. The van der Waals surface area contributed by atoms with Crippen LogP contribution in [0.5, 0.6) is 5.75 Å². The maximum absolute atomic E-state index is 9.20. The first-order chi connectivity index (χ1) is 4.75. The molecule has 0 heterocycles. The van der Waals surface area contributed by atoms with Crippen molar-refractivity contribution in [2.24, 2.45) is 0 Å². The number of phenols is 1. The van der Waals surface area contributed by atoms with E-state index in [9.17, 15) is 5.11 Å². The molecule has 0 spiro atoms. The molecule has 0 aromatic heterocycles. The highest BCUT2D eigenvalue weighted by Crippen LogP contribution is 2.30. The lowest BCUT2D eigenvalue weighted by atomic mass is 10.3. The van der Waals surface area contributed by atoms with Crippen molar-refractivity contribution in [3.05, 3.63) is 22.7 Å². The van der Waals surface area contributed by atoms with Gasteiger partial charge in [0.2, 0.25) is 0 Å². The Hall–Kier alpha value is -0.700. The molecule has 1 rings (SSSR count). The summed E-state index contributed by atoms with van der Waals surface area (Å²) >= 11 is 3.28. The maximum Gasteiger partial charge on any atom is 0.139 e. The molecule has 10 heavy (non-hydrogen) atoms. The zero-order valence-corrected chi connectivity index (χ0v) is 7.14. The van der Waals surface area contributed by atoms with Gasteiger partial charge in [0, 0.05) is 11.5 Å². The van der Waals surface area contributed by atoms with Crippen molar-refractivity contribution < 1.29 is 5.11 Å². The first kappa shape index (κ1) is 7.41. The third kappa shape index (κ3) is 1.24. The van der Waals surface area contributed by atoms with E-state index in [4.69, 9.17) is 0 Å². The molecule has 54 valence electrons. The van der Waals surface area contributed by atoms with E-state index in [1.54, 1.807) is 19.2 Å². The van der Waals surface area contributed by atoms with Gasteiger partial charge in [-0.2, -0.15) is 0 Å². The monoisotopic (exact) mass is 201 g/mol. The molecular formula is C7H8BrNO. The molecule has 0 amide bonds. The Morgan fingerprint density at radius 2 is 2.20 bits per heavy atom. The topological polar surface area (TPSA) is 32.3 Å². The Kier molecular flexibility index (Phi) is 2.17. The van der Waals surface area contributed by atoms with Crippen LogP contribution >= 0.6 is 15.9 Å². The fraction of sp³-hybridized carbons (Fsp3) is 0.143. The highest BCUT2D eigenvalue weighted by molar-refractivity contribution is 9.10. The predicted molar refractivity (Wildman–Crippen MR) is 45.4 cm³/mol. The lowest BCUT2D eigenvalue weighted by molar-refractivity contribution is 0.477. The van der Waals surface area contributed by atoms with Crippen LogP contribution in [0.25, 0.3) is 0 Å². The van der Waals surface area contributed by atoms with E-state index in [1.165, 1.54) is 0 Å². The van der Waals surface area contributed by atoms with Crippen LogP contribution in [0.3, 0.4) is 0 Å². The molecule has 0 aliphatic heterocycles. The average Bonchev–Trinajstić information content (AvgIpc) is 1.88. The molecule has 0 unspecified atom stereocenters. The predicted octanol–water partition coefficient (Wildman–Crippen LogP) is 2.20. The number of benzene rings is 1. The second-order valence-electron chi connectivity index (χ2n) is 1.88. The van der Waals surface area contributed by atoms with Gasteiger partial charge in [-0.25, -0.2) is 0 Å². The van der Waals surface area contributed by atoms with Crippen molar-refractivity contribution in [1.29, 1.82) is 0 Å². The van der Waals surface area contributed by atoms with Gasteiger partial charge in [-0.15, -0.1) is 0 Å². The minimum atomic E-state index is 0.261. The largest absolute Gasteiger partial charge is 0.506 e. The molecular weight excluding hydrogens is 194 g/mol. The highest BCUT2D eigenvalue weighted by atomic mass is 79.9. The van der Waals surface area contributed by atoms with Crippen molar-refractivity contribution in [2.75, 3.05) is 12.4 Å². The van der Waals surface area contributed by atoms with Crippen LogP contribution in [0.15, 0.2) is 22.7 Å². The van der Waals surface area contributed by atoms with Crippen LogP contribution in [0.2, 0.25) is 0 Å². The summed E-state index contributed by atoms with van der Waals surface area (Å²) in [5, 5.41) is 12.1. The van der Waals surface area contributed by atoms with Gasteiger partial charge in [0.1, 0.15) is 5.75 Å². The second-order valence-corrected chi connectivity index (χ2v) is 2.74. The number of hydrogen-bond acceptors (Lipinski definition) is 2. The number of nitrogens with one attached hydrogen (secondary N) is 1. The van der Waals surface area contributed by atoms with E-state index >= 15 is 0 Å². The Bertz CT molecular complexity index is 217. The molecule has 0 saturated carbocycles. The fourth-order valence-electron chi connectivity index (χ4n) is 0.760. The van der Waals surface area contributed by atoms with Gasteiger partial charge in [0.15, 0.2) is 0 Å². The van der Waals surface area contributed by atoms with Crippen LogP contribution in [-0.4, -0.2) is 12.2 Å². The van der Waals surface area contributed by atoms with E-state index in [-0.39, 0.29) is 5.75 Å². The van der Waals surface area contributed by atoms with Gasteiger partial charge in [-0.05, 0) is 28.1 Å². The highest BCUT2D eigenvalue weighted by Gasteiger charge is 2.00. The van der Waals surface area contributed by atoms with Gasteiger partial charge >= 0.3 is 0 Å². The summed E-state index contributed by atoms with van der Waals surface area (Å²) in [7, 11) is 1.76. The standard InChI is InChI=1S/C7H8BrNO/c1-9-7-5(8)3-2-4-6(7)10/h2-4,9-10H,1H3. The van der Waals surface area contributed by atoms with E-state index < -0.39 is 0 Å². The normalized spacial score (nSPS) is 9.40. The molecule has 0 radical (unpaired) electrons. The minimum Gasteiger partial charge on any atom is -0.506 e. The van der Waals surface area contributed by atoms with Crippen molar-refractivity contribution in [2.45, 2.75) is 0 Å². The molecule has 1 aromatic rings.